The lowest BCUT2D eigenvalue weighted by molar-refractivity contribution is -0.247. The molecule has 2 spiro atoms. The minimum atomic E-state index is -0.660. The number of nitrogens with zero attached hydrogens (tertiary/aromatic N) is 2. The van der Waals surface area contributed by atoms with Crippen molar-refractivity contribution in [1.82, 2.24) is 9.80 Å². The molecule has 1 aromatic rings. The van der Waals surface area contributed by atoms with Gasteiger partial charge in [0, 0.05) is 45.0 Å². The van der Waals surface area contributed by atoms with Crippen LogP contribution in [0.25, 0.3) is 0 Å². The molecular weight excluding hydrogens is 666 g/mol. The van der Waals surface area contributed by atoms with Crippen LogP contribution in [-0.4, -0.2) is 83.7 Å². The third-order valence-corrected chi connectivity index (χ3v) is 16.8. The Morgan fingerprint density at radius 1 is 1.00 bits per heavy atom. The number of aliphatic hydroxyl groups excluding tert-OH is 1. The highest BCUT2D eigenvalue weighted by Crippen LogP contribution is 2.89. The van der Waals surface area contributed by atoms with Gasteiger partial charge in [0.2, 0.25) is 11.8 Å². The molecule has 6 unspecified atom stereocenters. The summed E-state index contributed by atoms with van der Waals surface area (Å²) in [6, 6.07) is 3.39. The van der Waals surface area contributed by atoms with Gasteiger partial charge in [-0.25, -0.2) is 8.78 Å². The number of morpholine rings is 1. The third kappa shape index (κ3) is 5.22. The SMILES string of the molecule is CC(=O)N(Cc1cc(F)cc(F)c1)CC1C[C@@H](C)C2C(O1)[C@H](O)[C@@]1(C)[C@@H]3CC[C@H]4C(C)(C)C(OC5CN(C(C)=O)CCO5)CC[C@@]45CC35CC[C@]21C. The molecule has 0 aromatic heterocycles. The van der Waals surface area contributed by atoms with Crippen LogP contribution in [0.15, 0.2) is 18.2 Å². The van der Waals surface area contributed by atoms with Crippen LogP contribution in [0.2, 0.25) is 0 Å². The van der Waals surface area contributed by atoms with Gasteiger partial charge >= 0.3 is 0 Å². The number of amides is 2. The summed E-state index contributed by atoms with van der Waals surface area (Å²) in [5, 5.41) is 12.6. The maximum absolute atomic E-state index is 14.0. The summed E-state index contributed by atoms with van der Waals surface area (Å²) < 4.78 is 47.7. The van der Waals surface area contributed by atoms with Gasteiger partial charge in [0.1, 0.15) is 11.6 Å². The Balaban J connectivity index is 1.00. The summed E-state index contributed by atoms with van der Waals surface area (Å²) in [7, 11) is 0. The van der Waals surface area contributed by atoms with Crippen molar-refractivity contribution in [1.29, 1.82) is 0 Å². The lowest BCUT2D eigenvalue weighted by Crippen LogP contribution is -2.60. The maximum Gasteiger partial charge on any atom is 0.219 e. The predicted octanol–water partition coefficient (Wildman–Crippen LogP) is 6.72. The molecule has 0 radical (unpaired) electrons. The summed E-state index contributed by atoms with van der Waals surface area (Å²) in [5.74, 6) is 0.00262. The number of hydrogen-bond donors (Lipinski definition) is 1. The molecule has 288 valence electrons. The van der Waals surface area contributed by atoms with Gasteiger partial charge in [0.25, 0.3) is 0 Å². The highest BCUT2D eigenvalue weighted by molar-refractivity contribution is 5.73. The van der Waals surface area contributed by atoms with E-state index in [1.54, 1.807) is 11.8 Å². The molecule has 7 aliphatic rings. The fourth-order valence-corrected chi connectivity index (χ4v) is 14.4. The number of benzene rings is 1. The van der Waals surface area contributed by atoms with Crippen molar-refractivity contribution in [2.45, 2.75) is 137 Å². The molecule has 13 atom stereocenters. The highest BCUT2D eigenvalue weighted by atomic mass is 19.1. The van der Waals surface area contributed by atoms with E-state index in [4.69, 9.17) is 14.2 Å². The van der Waals surface area contributed by atoms with Gasteiger partial charge in [-0.1, -0.05) is 34.6 Å². The standard InChI is InChI=1S/C42H60F2N2O6/c1-24-16-30(21-46(26(3)48)20-27-17-28(43)19-29(44)18-27)51-36-35(24)39(6)12-13-42-23-41(42)11-10-33(52-34-22-45(25(2)47)14-15-50-34)38(4,5)31(41)8-9-32(42)40(39,7)37(36)49/h17-19,24,30-37,49H,8-16,20-23H2,1-7H3/t24-,30?,31+,32+,33?,34?,35?,36?,37+,39-,40-,41-,42?/m1/s1. The molecule has 2 amide bonds. The van der Waals surface area contributed by atoms with Crippen molar-refractivity contribution < 1.29 is 37.7 Å². The number of aliphatic hydroxyl groups is 1. The number of carbonyl (C=O) groups is 2. The molecule has 10 heteroatoms. The summed E-state index contributed by atoms with van der Waals surface area (Å²) in [5.41, 5.74) is 0.450. The Morgan fingerprint density at radius 2 is 1.69 bits per heavy atom. The zero-order chi connectivity index (χ0) is 37.2. The van der Waals surface area contributed by atoms with Gasteiger partial charge in [-0.05, 0) is 114 Å². The first-order valence-corrected chi connectivity index (χ1v) is 20.0. The fraction of sp³-hybridized carbons (Fsp3) is 0.810. The van der Waals surface area contributed by atoms with Gasteiger partial charge in [-0.3, -0.25) is 9.59 Å². The van der Waals surface area contributed by atoms with E-state index in [1.807, 2.05) is 4.90 Å². The first-order chi connectivity index (χ1) is 24.5. The van der Waals surface area contributed by atoms with E-state index in [2.05, 4.69) is 34.6 Å². The molecule has 8 nitrogen and oxygen atoms in total. The molecule has 5 saturated carbocycles. The molecule has 2 heterocycles. The normalized spacial score (nSPS) is 45.9. The molecular formula is C42H60F2N2O6. The topological polar surface area (TPSA) is 88.5 Å². The molecule has 1 aromatic carbocycles. The van der Waals surface area contributed by atoms with E-state index in [9.17, 15) is 23.5 Å². The van der Waals surface area contributed by atoms with Crippen LogP contribution in [0.1, 0.15) is 105 Å². The molecule has 52 heavy (non-hydrogen) atoms. The van der Waals surface area contributed by atoms with Crippen molar-refractivity contribution in [3.8, 4) is 0 Å². The van der Waals surface area contributed by atoms with E-state index >= 15 is 0 Å². The smallest absolute Gasteiger partial charge is 0.219 e. The van der Waals surface area contributed by atoms with Crippen molar-refractivity contribution in [2.24, 2.45) is 50.7 Å². The number of rotatable bonds is 6. The van der Waals surface area contributed by atoms with Crippen LogP contribution in [0.3, 0.4) is 0 Å². The molecule has 0 bridgehead atoms. The molecule has 2 saturated heterocycles. The summed E-state index contributed by atoms with van der Waals surface area (Å²) in [4.78, 5) is 28.3. The Morgan fingerprint density at radius 3 is 2.38 bits per heavy atom. The Labute approximate surface area is 308 Å². The number of halogens is 2. The van der Waals surface area contributed by atoms with Crippen molar-refractivity contribution in [3.63, 3.8) is 0 Å². The van der Waals surface area contributed by atoms with Crippen LogP contribution in [0, 0.1) is 62.4 Å². The third-order valence-electron chi connectivity index (χ3n) is 16.8. The molecule has 5 aliphatic carbocycles. The van der Waals surface area contributed by atoms with Crippen LogP contribution in [-0.2, 0) is 30.3 Å². The van der Waals surface area contributed by atoms with E-state index in [-0.39, 0.29) is 81.9 Å². The van der Waals surface area contributed by atoms with Gasteiger partial charge in [0.05, 0.1) is 37.6 Å². The first-order valence-electron chi connectivity index (χ1n) is 20.0. The molecule has 2 aliphatic heterocycles. The molecule has 8 rings (SSSR count). The molecule has 7 fully saturated rings. The monoisotopic (exact) mass is 726 g/mol. The van der Waals surface area contributed by atoms with Crippen molar-refractivity contribution >= 4 is 11.8 Å². The zero-order valence-electron chi connectivity index (χ0n) is 32.3. The minimum absolute atomic E-state index is 0.0385. The zero-order valence-corrected chi connectivity index (χ0v) is 32.3. The van der Waals surface area contributed by atoms with Gasteiger partial charge in [-0.15, -0.1) is 0 Å². The Hall–Kier alpha value is -2.14. The summed E-state index contributed by atoms with van der Waals surface area (Å²) >= 11 is 0. The second-order valence-electron chi connectivity index (χ2n) is 19.2. The average Bonchev–Trinajstić information content (AvgIpc) is 3.70. The summed E-state index contributed by atoms with van der Waals surface area (Å²) in [6.45, 7) is 17.1. The van der Waals surface area contributed by atoms with E-state index < -0.39 is 17.7 Å². The fourth-order valence-electron chi connectivity index (χ4n) is 14.4. The minimum Gasteiger partial charge on any atom is -0.390 e. The quantitative estimate of drug-likeness (QED) is 0.351. The lowest BCUT2D eigenvalue weighted by atomic mass is 9.41. The largest absolute Gasteiger partial charge is 0.390 e. The number of ether oxygens (including phenoxy) is 3. The van der Waals surface area contributed by atoms with Crippen LogP contribution in [0.4, 0.5) is 8.78 Å². The van der Waals surface area contributed by atoms with E-state index in [1.165, 1.54) is 31.9 Å². The number of fused-ring (bicyclic) bond motifs is 4. The summed E-state index contributed by atoms with van der Waals surface area (Å²) in [6.07, 6.45) is 7.05. The predicted molar refractivity (Wildman–Crippen MR) is 190 cm³/mol. The Kier molecular flexibility index (Phi) is 8.81. The van der Waals surface area contributed by atoms with E-state index in [0.29, 0.717) is 43.6 Å². The highest BCUT2D eigenvalue weighted by Gasteiger charge is 2.84. The van der Waals surface area contributed by atoms with Gasteiger partial charge < -0.3 is 29.1 Å². The number of hydrogen-bond acceptors (Lipinski definition) is 6. The first kappa shape index (κ1) is 36.8. The van der Waals surface area contributed by atoms with Crippen LogP contribution < -0.4 is 0 Å². The lowest BCUT2D eigenvalue weighted by Gasteiger charge is -2.64. The number of carbonyl (C=O) groups excluding carboxylic acids is 2. The van der Waals surface area contributed by atoms with E-state index in [0.717, 1.165) is 44.6 Å². The van der Waals surface area contributed by atoms with Crippen molar-refractivity contribution in [3.05, 3.63) is 35.4 Å². The van der Waals surface area contributed by atoms with Crippen molar-refractivity contribution in [2.75, 3.05) is 26.2 Å². The second-order valence-corrected chi connectivity index (χ2v) is 19.2. The second kappa shape index (κ2) is 12.4. The maximum atomic E-state index is 14.0. The van der Waals surface area contributed by atoms with Crippen LogP contribution in [0.5, 0.6) is 0 Å². The average molecular weight is 727 g/mol. The van der Waals surface area contributed by atoms with Gasteiger partial charge in [-0.2, -0.15) is 0 Å². The Bertz CT molecular complexity index is 1590. The molecule has 1 N–H and O–H groups in total. The van der Waals surface area contributed by atoms with Gasteiger partial charge in [0.15, 0.2) is 6.29 Å². The van der Waals surface area contributed by atoms with Crippen LogP contribution >= 0.6 is 0 Å².